The third-order valence-corrected chi connectivity index (χ3v) is 17.4. The molecule has 0 saturated heterocycles. The summed E-state index contributed by atoms with van der Waals surface area (Å²) in [4.78, 5) is 0. The van der Waals surface area contributed by atoms with Crippen LogP contribution in [0.3, 0.4) is 0 Å². The average molecular weight is 706 g/mol. The normalized spacial score (nSPS) is 13.1. The number of hydrogen-bond donors (Lipinski definition) is 0. The topological polar surface area (TPSA) is 27.7 Å². The zero-order valence-corrected chi connectivity index (χ0v) is 27.1. The van der Waals surface area contributed by atoms with Gasteiger partial charge in [-0.3, -0.25) is 0 Å². The van der Waals surface area contributed by atoms with Crippen molar-refractivity contribution in [3.63, 3.8) is 0 Å². The van der Waals surface area contributed by atoms with E-state index in [4.69, 9.17) is 8.56 Å². The van der Waals surface area contributed by atoms with Gasteiger partial charge in [0, 0.05) is 0 Å². The van der Waals surface area contributed by atoms with Gasteiger partial charge in [0.2, 0.25) is 0 Å². The van der Waals surface area contributed by atoms with Crippen LogP contribution in [0.5, 0.6) is 0 Å². The van der Waals surface area contributed by atoms with E-state index in [1.54, 1.807) is 0 Å². The Morgan fingerprint density at radius 2 is 0.714 bits per heavy atom. The monoisotopic (exact) mass is 706 g/mol. The fourth-order valence-corrected chi connectivity index (χ4v) is 13.3. The molecule has 5 heteroatoms. The summed E-state index contributed by atoms with van der Waals surface area (Å²) in [5.74, 6) is 0. The number of halogens is 1. The Kier molecular flexibility index (Phi) is 9.72. The van der Waals surface area contributed by atoms with Gasteiger partial charge in [0.25, 0.3) is 0 Å². The van der Waals surface area contributed by atoms with Gasteiger partial charge in [0.15, 0.2) is 0 Å². The minimum atomic E-state index is -4.24. The van der Waals surface area contributed by atoms with E-state index in [0.717, 1.165) is 0 Å². The van der Waals surface area contributed by atoms with Crippen LogP contribution < -0.4 is 0 Å². The van der Waals surface area contributed by atoms with Gasteiger partial charge in [-0.25, -0.2) is 0 Å². The molecule has 3 aromatic carbocycles. The van der Waals surface area contributed by atoms with Crippen molar-refractivity contribution in [1.82, 2.24) is 0 Å². The van der Waals surface area contributed by atoms with Crippen molar-refractivity contribution in [2.24, 2.45) is 0 Å². The molecule has 0 fully saturated rings. The van der Waals surface area contributed by atoms with Gasteiger partial charge in [-0.05, 0) is 0 Å². The first-order valence-electron chi connectivity index (χ1n) is 12.2. The van der Waals surface area contributed by atoms with E-state index < -0.39 is 18.9 Å². The Morgan fingerprint density at radius 1 is 0.486 bits per heavy atom. The molecule has 3 nitrogen and oxygen atoms in total. The Balaban J connectivity index is 1.77. The zero-order valence-electron chi connectivity index (χ0n) is 21.9. The molecule has 0 aromatic heterocycles. The second-order valence-electron chi connectivity index (χ2n) is 11.1. The average Bonchev–Trinajstić information content (AvgIpc) is 2.87. The molecular weight excluding hydrogens is 667 g/mol. The predicted octanol–water partition coefficient (Wildman–Crippen LogP) is 8.18. The molecule has 0 aliphatic heterocycles. The van der Waals surface area contributed by atoms with Gasteiger partial charge in [0.1, 0.15) is 0 Å². The first kappa shape index (κ1) is 28.5. The van der Waals surface area contributed by atoms with Crippen LogP contribution in [0, 0.1) is 0 Å². The van der Waals surface area contributed by atoms with Crippen LogP contribution in [0.25, 0.3) is 0 Å². The van der Waals surface area contributed by atoms with Crippen molar-refractivity contribution in [1.29, 1.82) is 0 Å². The quantitative estimate of drug-likeness (QED) is 0.178. The van der Waals surface area contributed by atoms with Crippen LogP contribution in [-0.4, -0.2) is 19.8 Å². The molecule has 35 heavy (non-hydrogen) atoms. The fourth-order valence-electron chi connectivity index (χ4n) is 3.84. The van der Waals surface area contributed by atoms with E-state index in [1.165, 1.54) is 16.7 Å². The summed E-state index contributed by atoms with van der Waals surface area (Å²) >= 11 is -0.320. The van der Waals surface area contributed by atoms with Crippen molar-refractivity contribution in [2.75, 3.05) is 19.8 Å². The molecule has 0 aliphatic rings. The Morgan fingerprint density at radius 3 is 0.943 bits per heavy atom. The SMILES string of the molecule is CC(C)(C[O][Hf]([Br])([O]CC(C)(C)c1ccccc1)[O]CC(C)(C)c1ccccc1)c1ccccc1. The molecule has 3 aromatic rings. The number of benzene rings is 3. The van der Waals surface area contributed by atoms with Gasteiger partial charge in [-0.2, -0.15) is 0 Å². The summed E-state index contributed by atoms with van der Waals surface area (Å²) in [6.07, 6.45) is 0. The van der Waals surface area contributed by atoms with Crippen molar-refractivity contribution in [2.45, 2.75) is 57.8 Å². The summed E-state index contributed by atoms with van der Waals surface area (Å²) in [6, 6.07) is 31.4. The summed E-state index contributed by atoms with van der Waals surface area (Å²) in [7, 11) is 0. The maximum atomic E-state index is 6.61. The molecule has 3 rings (SSSR count). The van der Waals surface area contributed by atoms with Crippen LogP contribution in [0.1, 0.15) is 58.2 Å². The molecule has 0 heterocycles. The summed E-state index contributed by atoms with van der Waals surface area (Å²) in [5.41, 5.74) is 3.19. The molecule has 0 bridgehead atoms. The van der Waals surface area contributed by atoms with Crippen molar-refractivity contribution in [3.8, 4) is 0 Å². The van der Waals surface area contributed by atoms with Crippen LogP contribution in [0.4, 0.5) is 0 Å². The molecule has 0 atom stereocenters. The van der Waals surface area contributed by atoms with Gasteiger partial charge in [0.05, 0.1) is 0 Å². The second-order valence-corrected chi connectivity index (χ2v) is 25.6. The first-order chi connectivity index (χ1) is 16.4. The third-order valence-electron chi connectivity index (χ3n) is 6.48. The summed E-state index contributed by atoms with van der Waals surface area (Å²) in [5, 5.41) is 0. The van der Waals surface area contributed by atoms with E-state index in [2.05, 4.69) is 127 Å². The third kappa shape index (κ3) is 8.19. The van der Waals surface area contributed by atoms with E-state index in [-0.39, 0.29) is 16.2 Å². The number of rotatable bonds is 12. The zero-order chi connectivity index (χ0) is 25.6. The van der Waals surface area contributed by atoms with Crippen LogP contribution in [-0.2, 0) is 43.8 Å². The minimum absolute atomic E-state index is 0.170. The molecule has 0 N–H and O–H groups in total. The Hall–Kier alpha value is -1.11. The van der Waals surface area contributed by atoms with E-state index in [9.17, 15) is 0 Å². The van der Waals surface area contributed by atoms with Crippen LogP contribution >= 0.6 is 12.3 Å². The number of hydrogen-bond acceptors (Lipinski definition) is 3. The Labute approximate surface area is 223 Å². The summed E-state index contributed by atoms with van der Waals surface area (Å²) < 4.78 is 19.8. The first-order valence-corrected chi connectivity index (χ1v) is 24.5. The molecular formula is C30H39BrHfO3. The molecule has 0 unspecified atom stereocenters. The van der Waals surface area contributed by atoms with Gasteiger partial charge in [-0.15, -0.1) is 0 Å². The Bertz CT molecular complexity index is 902. The van der Waals surface area contributed by atoms with Crippen molar-refractivity contribution >= 4 is 12.3 Å². The van der Waals surface area contributed by atoms with Gasteiger partial charge < -0.3 is 0 Å². The molecule has 0 radical (unpaired) electrons. The van der Waals surface area contributed by atoms with Crippen LogP contribution in [0.2, 0.25) is 0 Å². The summed E-state index contributed by atoms with van der Waals surface area (Å²) in [6.45, 7) is 14.7. The molecule has 0 aliphatic carbocycles. The van der Waals surface area contributed by atoms with E-state index in [0.29, 0.717) is 19.8 Å². The van der Waals surface area contributed by atoms with Gasteiger partial charge >= 0.3 is 225 Å². The second kappa shape index (κ2) is 12.0. The van der Waals surface area contributed by atoms with E-state index in [1.807, 2.05) is 18.2 Å². The van der Waals surface area contributed by atoms with Crippen LogP contribution in [0.15, 0.2) is 91.0 Å². The van der Waals surface area contributed by atoms with E-state index >= 15 is 0 Å². The van der Waals surface area contributed by atoms with Gasteiger partial charge in [-0.1, -0.05) is 0 Å². The standard InChI is InChI=1S/3C10H13O.BrH.Hf/c3*1-10(2,8-11)9-6-4-3-5-7-9;;/h3*3-7H,8H2,1-2H3;1H;/q3*-1;;+4/p-1. The van der Waals surface area contributed by atoms with Crippen molar-refractivity contribution in [3.05, 3.63) is 108 Å². The predicted molar refractivity (Wildman–Crippen MR) is 145 cm³/mol. The molecule has 0 amide bonds. The maximum absolute atomic E-state index is 6.61. The molecule has 0 saturated carbocycles. The van der Waals surface area contributed by atoms with Crippen molar-refractivity contribution < 1.29 is 27.5 Å². The molecule has 188 valence electrons. The fraction of sp³-hybridized carbons (Fsp3) is 0.400. The molecule has 0 spiro atoms.